The minimum atomic E-state index is -1.41. The van der Waals surface area contributed by atoms with Crippen LogP contribution in [0.4, 0.5) is 0 Å². The van der Waals surface area contributed by atoms with E-state index in [1.807, 2.05) is 6.92 Å². The predicted molar refractivity (Wildman–Crippen MR) is 63.8 cm³/mol. The van der Waals surface area contributed by atoms with Gasteiger partial charge in [-0.1, -0.05) is 19.8 Å². The average Bonchev–Trinajstić information content (AvgIpc) is 2.86. The van der Waals surface area contributed by atoms with Crippen LogP contribution < -0.4 is 0 Å². The third-order valence-electron chi connectivity index (χ3n) is 2.83. The van der Waals surface area contributed by atoms with Crippen LogP contribution in [0.2, 0.25) is 0 Å². The summed E-state index contributed by atoms with van der Waals surface area (Å²) in [5.41, 5.74) is 0. The molecule has 6 nitrogen and oxygen atoms in total. The van der Waals surface area contributed by atoms with Crippen molar-refractivity contribution in [3.05, 3.63) is 34.3 Å². The molecule has 0 aliphatic rings. The summed E-state index contributed by atoms with van der Waals surface area (Å²) in [5, 5.41) is 11.1. The molecule has 6 heteroatoms. The first-order valence-corrected chi connectivity index (χ1v) is 5.86. The number of unbranched alkanes of at least 4 members (excludes halogenated alkanes) is 1. The van der Waals surface area contributed by atoms with Crippen molar-refractivity contribution in [2.45, 2.75) is 38.1 Å². The highest BCUT2D eigenvalue weighted by atomic mass is 16.6. The van der Waals surface area contributed by atoms with E-state index in [1.165, 1.54) is 6.26 Å². The van der Waals surface area contributed by atoms with Gasteiger partial charge < -0.3 is 9.15 Å². The topological polar surface area (TPSA) is 82.6 Å². The molecule has 0 radical (unpaired) electrons. The quantitative estimate of drug-likeness (QED) is 0.424. The molecule has 1 heterocycles. The number of nitro groups is 1. The van der Waals surface area contributed by atoms with Crippen molar-refractivity contribution in [2.24, 2.45) is 0 Å². The van der Waals surface area contributed by atoms with E-state index in [9.17, 15) is 14.9 Å². The largest absolute Gasteiger partial charge is 0.469 e. The molecule has 0 bridgehead atoms. The van der Waals surface area contributed by atoms with Crippen LogP contribution in [-0.2, 0) is 9.53 Å². The Balaban J connectivity index is 2.98. The fourth-order valence-corrected chi connectivity index (χ4v) is 1.90. The van der Waals surface area contributed by atoms with E-state index in [-0.39, 0.29) is 0 Å². The van der Waals surface area contributed by atoms with Crippen molar-refractivity contribution in [3.8, 4) is 0 Å². The maximum absolute atomic E-state index is 11.5. The summed E-state index contributed by atoms with van der Waals surface area (Å²) in [6, 6.07) is 1.90. The number of carbonyl (C=O) groups is 1. The van der Waals surface area contributed by atoms with Crippen molar-refractivity contribution in [1.82, 2.24) is 0 Å². The predicted octanol–water partition coefficient (Wildman–Crippen LogP) is 2.37. The van der Waals surface area contributed by atoms with Gasteiger partial charge in [0.1, 0.15) is 5.76 Å². The molecule has 0 saturated carbocycles. The number of esters is 1. The number of ether oxygens (including phenoxy) is 1. The molecule has 2 unspecified atom stereocenters. The Bertz CT molecular complexity index is 387. The van der Waals surface area contributed by atoms with E-state index in [1.54, 1.807) is 12.1 Å². The highest BCUT2D eigenvalue weighted by molar-refractivity contribution is 5.75. The van der Waals surface area contributed by atoms with Gasteiger partial charge in [-0.2, -0.15) is 0 Å². The zero-order chi connectivity index (χ0) is 13.5. The van der Waals surface area contributed by atoms with Crippen LogP contribution in [0.5, 0.6) is 0 Å². The Morgan fingerprint density at radius 2 is 2.33 bits per heavy atom. The molecule has 0 N–H and O–H groups in total. The number of carbonyl (C=O) groups excluding carboxylic acids is 1. The van der Waals surface area contributed by atoms with Crippen LogP contribution in [0.15, 0.2) is 22.8 Å². The first-order valence-electron chi connectivity index (χ1n) is 5.86. The Morgan fingerprint density at radius 3 is 2.78 bits per heavy atom. The highest BCUT2D eigenvalue weighted by Gasteiger charge is 2.41. The summed E-state index contributed by atoms with van der Waals surface area (Å²) in [5.74, 6) is -0.963. The van der Waals surface area contributed by atoms with Gasteiger partial charge in [-0.3, -0.25) is 10.1 Å². The first kappa shape index (κ1) is 14.2. The Labute approximate surface area is 105 Å². The smallest absolute Gasteiger partial charge is 0.382 e. The maximum atomic E-state index is 11.5. The van der Waals surface area contributed by atoms with Crippen LogP contribution in [-0.4, -0.2) is 24.0 Å². The summed E-state index contributed by atoms with van der Waals surface area (Å²) < 4.78 is 9.72. The third-order valence-corrected chi connectivity index (χ3v) is 2.83. The summed E-state index contributed by atoms with van der Waals surface area (Å²) >= 11 is 0. The molecule has 0 aromatic carbocycles. The molecule has 0 spiro atoms. The van der Waals surface area contributed by atoms with Crippen molar-refractivity contribution < 1.29 is 18.9 Å². The number of hydrogen-bond donors (Lipinski definition) is 0. The molecule has 0 aliphatic heterocycles. The highest BCUT2D eigenvalue weighted by Crippen LogP contribution is 2.28. The number of methoxy groups -OCH3 is 1. The summed E-state index contributed by atoms with van der Waals surface area (Å²) in [4.78, 5) is 22.0. The van der Waals surface area contributed by atoms with Crippen LogP contribution >= 0.6 is 0 Å². The van der Waals surface area contributed by atoms with E-state index in [2.05, 4.69) is 4.74 Å². The van der Waals surface area contributed by atoms with Gasteiger partial charge in [0.25, 0.3) is 0 Å². The Kier molecular flexibility index (Phi) is 5.35. The molecule has 2 atom stereocenters. The normalized spacial score (nSPS) is 13.9. The zero-order valence-electron chi connectivity index (χ0n) is 10.5. The average molecular weight is 255 g/mol. The van der Waals surface area contributed by atoms with Gasteiger partial charge in [0.15, 0.2) is 0 Å². The molecule has 0 aliphatic carbocycles. The van der Waals surface area contributed by atoms with Crippen molar-refractivity contribution in [3.63, 3.8) is 0 Å². The van der Waals surface area contributed by atoms with Crippen molar-refractivity contribution >= 4 is 5.97 Å². The Hall–Kier alpha value is -1.85. The van der Waals surface area contributed by atoms with Crippen LogP contribution in [0.3, 0.4) is 0 Å². The van der Waals surface area contributed by atoms with E-state index in [0.717, 1.165) is 20.0 Å². The van der Waals surface area contributed by atoms with Crippen LogP contribution in [0.25, 0.3) is 0 Å². The van der Waals surface area contributed by atoms with Gasteiger partial charge in [0.05, 0.1) is 19.3 Å². The van der Waals surface area contributed by atoms with Crippen molar-refractivity contribution in [1.29, 1.82) is 0 Å². The second-order valence-electron chi connectivity index (χ2n) is 4.02. The van der Waals surface area contributed by atoms with Gasteiger partial charge in [0, 0.05) is 4.92 Å². The SMILES string of the molecule is CCCCC(c1ccco1)C(C(=O)OC)[N+](=O)[O-]. The molecular weight excluding hydrogens is 238 g/mol. The van der Waals surface area contributed by atoms with Crippen LogP contribution in [0, 0.1) is 10.1 Å². The maximum Gasteiger partial charge on any atom is 0.382 e. The van der Waals surface area contributed by atoms with E-state index in [0.29, 0.717) is 12.2 Å². The number of nitrogens with zero attached hydrogens (tertiary/aromatic N) is 1. The minimum Gasteiger partial charge on any atom is -0.469 e. The summed E-state index contributed by atoms with van der Waals surface area (Å²) in [6.07, 6.45) is 3.64. The van der Waals surface area contributed by atoms with Crippen molar-refractivity contribution in [2.75, 3.05) is 7.11 Å². The molecule has 1 aromatic rings. The van der Waals surface area contributed by atoms with Crippen LogP contribution in [0.1, 0.15) is 37.9 Å². The zero-order valence-corrected chi connectivity index (χ0v) is 10.5. The second-order valence-corrected chi connectivity index (χ2v) is 4.02. The van der Waals surface area contributed by atoms with E-state index < -0.39 is 22.9 Å². The lowest BCUT2D eigenvalue weighted by Gasteiger charge is -2.16. The standard InChI is InChI=1S/C12H17NO5/c1-3-4-6-9(10-7-5-8-18-10)11(13(15)16)12(14)17-2/h5,7-9,11H,3-4,6H2,1-2H3. The Morgan fingerprint density at radius 1 is 1.61 bits per heavy atom. The lowest BCUT2D eigenvalue weighted by molar-refractivity contribution is -0.515. The number of rotatable bonds is 7. The molecule has 0 amide bonds. The molecule has 100 valence electrons. The molecule has 1 rings (SSSR count). The van der Waals surface area contributed by atoms with E-state index >= 15 is 0 Å². The molecule has 18 heavy (non-hydrogen) atoms. The fraction of sp³-hybridized carbons (Fsp3) is 0.583. The van der Waals surface area contributed by atoms with Gasteiger partial charge in [-0.15, -0.1) is 0 Å². The monoisotopic (exact) mass is 255 g/mol. The van der Waals surface area contributed by atoms with Gasteiger partial charge in [-0.25, -0.2) is 4.79 Å². The summed E-state index contributed by atoms with van der Waals surface area (Å²) in [7, 11) is 1.15. The fourth-order valence-electron chi connectivity index (χ4n) is 1.90. The molecule has 1 aromatic heterocycles. The molecular formula is C12H17NO5. The summed E-state index contributed by atoms with van der Waals surface area (Å²) in [6.45, 7) is 1.98. The third kappa shape index (κ3) is 3.32. The second kappa shape index (κ2) is 6.78. The first-order chi connectivity index (χ1) is 8.61. The lowest BCUT2D eigenvalue weighted by atomic mass is 9.91. The molecule has 0 fully saturated rings. The van der Waals surface area contributed by atoms with Gasteiger partial charge in [-0.05, 0) is 18.6 Å². The van der Waals surface area contributed by atoms with Gasteiger partial charge in [0.2, 0.25) is 0 Å². The van der Waals surface area contributed by atoms with Gasteiger partial charge >= 0.3 is 12.0 Å². The number of furan rings is 1. The minimum absolute atomic E-state index is 0.454. The molecule has 0 saturated heterocycles. The number of hydrogen-bond acceptors (Lipinski definition) is 5. The van der Waals surface area contributed by atoms with E-state index in [4.69, 9.17) is 4.42 Å². The lowest BCUT2D eigenvalue weighted by Crippen LogP contribution is -2.36.